The van der Waals surface area contributed by atoms with Crippen LogP contribution in [-0.4, -0.2) is 26.2 Å². The van der Waals surface area contributed by atoms with E-state index in [1.807, 2.05) is 24.3 Å². The van der Waals surface area contributed by atoms with E-state index in [0.717, 1.165) is 16.7 Å². The van der Waals surface area contributed by atoms with Crippen LogP contribution in [0.2, 0.25) is 0 Å². The molecule has 0 fully saturated rings. The Hall–Kier alpha value is -3.22. The smallest absolute Gasteiger partial charge is 0.374 e. The van der Waals surface area contributed by atoms with Gasteiger partial charge in [-0.2, -0.15) is 0 Å². The van der Waals surface area contributed by atoms with Gasteiger partial charge in [0.15, 0.2) is 0 Å². The Kier molecular flexibility index (Phi) is 3.78. The van der Waals surface area contributed by atoms with E-state index in [1.54, 1.807) is 12.4 Å². The van der Waals surface area contributed by atoms with Crippen LogP contribution in [0.15, 0.2) is 53.6 Å². The largest absolute Gasteiger partial charge is 0.475 e. The summed E-state index contributed by atoms with van der Waals surface area (Å²) >= 11 is 0. The molecule has 110 valence electrons. The van der Waals surface area contributed by atoms with Crippen molar-refractivity contribution in [1.82, 2.24) is 15.1 Å². The van der Waals surface area contributed by atoms with Crippen LogP contribution in [0.1, 0.15) is 16.1 Å². The Labute approximate surface area is 125 Å². The highest BCUT2D eigenvalue weighted by Crippen LogP contribution is 2.19. The molecule has 0 amide bonds. The molecular formula is C15H11N3O4. The summed E-state index contributed by atoms with van der Waals surface area (Å²) in [6, 6.07) is 8.91. The Morgan fingerprint density at radius 3 is 2.50 bits per heavy atom. The first kappa shape index (κ1) is 13.7. The van der Waals surface area contributed by atoms with Crippen molar-refractivity contribution in [2.75, 3.05) is 0 Å². The van der Waals surface area contributed by atoms with Crippen LogP contribution >= 0.6 is 0 Å². The van der Waals surface area contributed by atoms with Crippen LogP contribution < -0.4 is 4.74 Å². The molecule has 3 aromatic rings. The molecule has 2 heterocycles. The SMILES string of the molecule is O=C(O)c1cc(OCc2ccc(-c3cncnc3)cc2)no1. The van der Waals surface area contributed by atoms with E-state index in [2.05, 4.69) is 19.6 Å². The maximum atomic E-state index is 10.7. The highest BCUT2D eigenvalue weighted by molar-refractivity contribution is 5.84. The fourth-order valence-corrected chi connectivity index (χ4v) is 1.83. The lowest BCUT2D eigenvalue weighted by Gasteiger charge is -2.04. The van der Waals surface area contributed by atoms with Gasteiger partial charge in [0, 0.05) is 18.0 Å². The van der Waals surface area contributed by atoms with Gasteiger partial charge in [0.1, 0.15) is 12.9 Å². The maximum absolute atomic E-state index is 10.7. The van der Waals surface area contributed by atoms with Gasteiger partial charge < -0.3 is 14.4 Å². The maximum Gasteiger partial charge on any atom is 0.374 e. The monoisotopic (exact) mass is 297 g/mol. The third-order valence-corrected chi connectivity index (χ3v) is 2.93. The summed E-state index contributed by atoms with van der Waals surface area (Å²) in [6.07, 6.45) is 4.96. The quantitative estimate of drug-likeness (QED) is 0.772. The summed E-state index contributed by atoms with van der Waals surface area (Å²) in [6.45, 7) is 0.261. The average Bonchev–Trinajstić information content (AvgIpc) is 3.04. The molecule has 2 aromatic heterocycles. The number of rotatable bonds is 5. The molecule has 0 bridgehead atoms. The van der Waals surface area contributed by atoms with Crippen molar-refractivity contribution in [2.24, 2.45) is 0 Å². The van der Waals surface area contributed by atoms with Crippen molar-refractivity contribution < 1.29 is 19.2 Å². The van der Waals surface area contributed by atoms with E-state index in [1.165, 1.54) is 12.4 Å². The Morgan fingerprint density at radius 2 is 1.86 bits per heavy atom. The Balaban J connectivity index is 1.65. The number of nitrogens with zero attached hydrogens (tertiary/aromatic N) is 3. The van der Waals surface area contributed by atoms with Crippen LogP contribution in [0.4, 0.5) is 0 Å². The first-order chi connectivity index (χ1) is 10.7. The standard InChI is InChI=1S/C15H11N3O4/c19-15(20)13-5-14(18-22-13)21-8-10-1-3-11(4-2-10)12-6-16-9-17-7-12/h1-7,9H,8H2,(H,19,20). The lowest BCUT2D eigenvalue weighted by atomic mass is 10.1. The summed E-state index contributed by atoms with van der Waals surface area (Å²) in [5, 5.41) is 12.2. The van der Waals surface area contributed by atoms with Gasteiger partial charge in [-0.05, 0) is 16.3 Å². The first-order valence-corrected chi connectivity index (χ1v) is 6.39. The van der Waals surface area contributed by atoms with Gasteiger partial charge in [-0.3, -0.25) is 0 Å². The van der Waals surface area contributed by atoms with Crippen LogP contribution in [-0.2, 0) is 6.61 Å². The normalized spacial score (nSPS) is 10.4. The number of aromatic nitrogens is 3. The number of ether oxygens (including phenoxy) is 1. The van der Waals surface area contributed by atoms with Gasteiger partial charge in [0.05, 0.1) is 6.07 Å². The van der Waals surface area contributed by atoms with Crippen molar-refractivity contribution in [3.63, 3.8) is 0 Å². The zero-order valence-electron chi connectivity index (χ0n) is 11.3. The predicted molar refractivity (Wildman–Crippen MR) is 75.3 cm³/mol. The zero-order chi connectivity index (χ0) is 15.4. The highest BCUT2D eigenvalue weighted by atomic mass is 16.5. The molecule has 1 N–H and O–H groups in total. The van der Waals surface area contributed by atoms with Gasteiger partial charge in [0.2, 0.25) is 5.76 Å². The predicted octanol–water partition coefficient (Wildman–Crippen LogP) is 2.41. The molecule has 7 heteroatoms. The third-order valence-electron chi connectivity index (χ3n) is 2.93. The van der Waals surface area contributed by atoms with Gasteiger partial charge >= 0.3 is 5.97 Å². The topological polar surface area (TPSA) is 98.3 Å². The van der Waals surface area contributed by atoms with Gasteiger partial charge in [-0.25, -0.2) is 14.8 Å². The molecule has 0 unspecified atom stereocenters. The minimum absolute atomic E-state index is 0.137. The Bertz CT molecular complexity index is 769. The molecule has 0 aliphatic heterocycles. The zero-order valence-corrected chi connectivity index (χ0v) is 11.3. The van der Waals surface area contributed by atoms with E-state index in [0.29, 0.717) is 0 Å². The molecule has 3 rings (SSSR count). The fourth-order valence-electron chi connectivity index (χ4n) is 1.83. The number of hydrogen-bond acceptors (Lipinski definition) is 6. The summed E-state index contributed by atoms with van der Waals surface area (Å²) in [7, 11) is 0. The van der Waals surface area contributed by atoms with Gasteiger partial charge in [0.25, 0.3) is 5.88 Å². The van der Waals surface area contributed by atoms with Crippen LogP contribution in [0.25, 0.3) is 11.1 Å². The van der Waals surface area contributed by atoms with Crippen molar-refractivity contribution in [1.29, 1.82) is 0 Å². The summed E-state index contributed by atoms with van der Waals surface area (Å²) in [4.78, 5) is 18.6. The van der Waals surface area contributed by atoms with Crippen LogP contribution in [0.5, 0.6) is 5.88 Å². The fraction of sp³-hybridized carbons (Fsp3) is 0.0667. The first-order valence-electron chi connectivity index (χ1n) is 6.39. The molecule has 0 radical (unpaired) electrons. The molecule has 0 aliphatic rings. The summed E-state index contributed by atoms with van der Waals surface area (Å²) < 4.78 is 9.98. The molecule has 0 spiro atoms. The van der Waals surface area contributed by atoms with E-state index in [4.69, 9.17) is 9.84 Å². The number of benzene rings is 1. The molecule has 0 atom stereocenters. The molecule has 22 heavy (non-hydrogen) atoms. The summed E-state index contributed by atoms with van der Waals surface area (Å²) in [5.74, 6) is -1.30. The van der Waals surface area contributed by atoms with E-state index >= 15 is 0 Å². The van der Waals surface area contributed by atoms with Gasteiger partial charge in [-0.1, -0.05) is 24.3 Å². The molecule has 1 aromatic carbocycles. The van der Waals surface area contributed by atoms with E-state index in [9.17, 15) is 4.79 Å². The second kappa shape index (κ2) is 6.04. The van der Waals surface area contributed by atoms with E-state index < -0.39 is 5.97 Å². The number of aromatic carboxylic acids is 1. The summed E-state index contributed by atoms with van der Waals surface area (Å²) in [5.41, 5.74) is 2.84. The molecular weight excluding hydrogens is 286 g/mol. The number of carboxylic acid groups (broad SMARTS) is 1. The molecule has 0 saturated carbocycles. The average molecular weight is 297 g/mol. The Morgan fingerprint density at radius 1 is 1.14 bits per heavy atom. The van der Waals surface area contributed by atoms with Crippen LogP contribution in [0, 0.1) is 0 Å². The second-order valence-electron chi connectivity index (χ2n) is 4.45. The lowest BCUT2D eigenvalue weighted by Crippen LogP contribution is -1.95. The van der Waals surface area contributed by atoms with Crippen molar-refractivity contribution >= 4 is 5.97 Å². The van der Waals surface area contributed by atoms with Crippen LogP contribution in [0.3, 0.4) is 0 Å². The van der Waals surface area contributed by atoms with Crippen molar-refractivity contribution in [2.45, 2.75) is 6.61 Å². The third kappa shape index (κ3) is 3.09. The minimum Gasteiger partial charge on any atom is -0.475 e. The molecule has 7 nitrogen and oxygen atoms in total. The number of carbonyl (C=O) groups is 1. The molecule has 0 saturated heterocycles. The highest BCUT2D eigenvalue weighted by Gasteiger charge is 2.11. The number of carboxylic acids is 1. The van der Waals surface area contributed by atoms with Crippen molar-refractivity contribution in [3.05, 3.63) is 60.4 Å². The molecule has 0 aliphatic carbocycles. The van der Waals surface area contributed by atoms with E-state index in [-0.39, 0.29) is 18.2 Å². The number of hydrogen-bond donors (Lipinski definition) is 1. The minimum atomic E-state index is -1.18. The van der Waals surface area contributed by atoms with Crippen molar-refractivity contribution in [3.8, 4) is 17.0 Å². The second-order valence-corrected chi connectivity index (χ2v) is 4.45. The lowest BCUT2D eigenvalue weighted by molar-refractivity contribution is 0.0651. The van der Waals surface area contributed by atoms with Gasteiger partial charge in [-0.15, -0.1) is 0 Å².